The van der Waals surface area contributed by atoms with Crippen LogP contribution >= 0.6 is 40.2 Å². The van der Waals surface area contributed by atoms with Crippen molar-refractivity contribution in [3.63, 3.8) is 0 Å². The third-order valence-corrected chi connectivity index (χ3v) is 5.75. The van der Waals surface area contributed by atoms with Crippen molar-refractivity contribution in [1.29, 1.82) is 0 Å². The first kappa shape index (κ1) is 30.1. The smallest absolute Gasteiger partial charge is 0.243 e. The minimum absolute atomic E-state index is 0. The van der Waals surface area contributed by atoms with Crippen LogP contribution in [0, 0.1) is 0 Å². The summed E-state index contributed by atoms with van der Waals surface area (Å²) < 4.78 is 0. The van der Waals surface area contributed by atoms with Gasteiger partial charge in [-0.15, -0.1) is 17.0 Å². The number of nitrogens with two attached hydrogens (primary N) is 1. The van der Waals surface area contributed by atoms with E-state index in [9.17, 15) is 14.4 Å². The zero-order valence-electron chi connectivity index (χ0n) is 18.8. The SMILES string of the molecule is Br.CN(c1ccc(Cl)cc1C(=O)c1ccccc1Cl)C(Cc1ccccc1)C(=O)NCC(N)=O.O. The van der Waals surface area contributed by atoms with Crippen molar-refractivity contribution in [3.05, 3.63) is 99.5 Å². The molecule has 0 aliphatic rings. The maximum absolute atomic E-state index is 13.4. The van der Waals surface area contributed by atoms with Crippen LogP contribution < -0.4 is 16.0 Å². The predicted octanol–water partition coefficient (Wildman–Crippen LogP) is 3.63. The quantitative estimate of drug-likeness (QED) is 0.374. The predicted molar refractivity (Wildman–Crippen MR) is 145 cm³/mol. The number of halogens is 3. The lowest BCUT2D eigenvalue weighted by Gasteiger charge is -2.31. The third-order valence-electron chi connectivity index (χ3n) is 5.18. The van der Waals surface area contributed by atoms with Gasteiger partial charge in [-0.1, -0.05) is 65.7 Å². The normalized spacial score (nSPS) is 10.8. The van der Waals surface area contributed by atoms with Crippen LogP contribution in [0.4, 0.5) is 5.69 Å². The minimum atomic E-state index is -0.731. The van der Waals surface area contributed by atoms with Gasteiger partial charge in [-0.3, -0.25) is 14.4 Å². The fraction of sp³-hybridized carbons (Fsp3) is 0.160. The Hall–Kier alpha value is -2.91. The van der Waals surface area contributed by atoms with Crippen LogP contribution in [0.15, 0.2) is 72.8 Å². The molecule has 3 aromatic carbocycles. The molecule has 7 nitrogen and oxygen atoms in total. The van der Waals surface area contributed by atoms with E-state index in [-0.39, 0.29) is 34.8 Å². The standard InChI is InChI=1S/C25H23Cl2N3O3.BrH.H2O/c1-30(22(25(33)29-15-23(28)31)13-16-7-3-2-4-8-16)21-12-11-17(26)14-19(21)24(32)18-9-5-6-10-20(18)27;;/h2-12,14,22H,13,15H2,1H3,(H2,28,31)(H,29,33);1H;1H2. The first-order valence-electron chi connectivity index (χ1n) is 10.2. The van der Waals surface area contributed by atoms with E-state index in [1.165, 1.54) is 0 Å². The number of carbonyl (C=O) groups excluding carboxylic acids is 3. The van der Waals surface area contributed by atoms with Gasteiger partial charge in [0.25, 0.3) is 0 Å². The van der Waals surface area contributed by atoms with E-state index in [1.54, 1.807) is 54.4 Å². The van der Waals surface area contributed by atoms with Crippen molar-refractivity contribution in [2.75, 3.05) is 18.5 Å². The summed E-state index contributed by atoms with van der Waals surface area (Å²) in [5.74, 6) is -1.36. The highest BCUT2D eigenvalue weighted by Crippen LogP contribution is 2.30. The van der Waals surface area contributed by atoms with Gasteiger partial charge in [0.15, 0.2) is 5.78 Å². The Labute approximate surface area is 224 Å². The second-order valence-corrected chi connectivity index (χ2v) is 8.31. The van der Waals surface area contributed by atoms with E-state index in [1.807, 2.05) is 30.3 Å². The van der Waals surface area contributed by atoms with E-state index in [0.717, 1.165) is 5.56 Å². The second-order valence-electron chi connectivity index (χ2n) is 7.47. The van der Waals surface area contributed by atoms with Crippen LogP contribution in [0.5, 0.6) is 0 Å². The first-order valence-corrected chi connectivity index (χ1v) is 10.9. The summed E-state index contributed by atoms with van der Waals surface area (Å²) in [5.41, 5.74) is 7.25. The molecule has 0 aliphatic heterocycles. The Kier molecular flexibility index (Phi) is 11.9. The molecule has 10 heteroatoms. The molecule has 186 valence electrons. The van der Waals surface area contributed by atoms with Crippen molar-refractivity contribution in [1.82, 2.24) is 5.32 Å². The summed E-state index contributed by atoms with van der Waals surface area (Å²) >= 11 is 12.5. The number of carbonyl (C=O) groups is 3. The fourth-order valence-corrected chi connectivity index (χ4v) is 3.88. The van der Waals surface area contributed by atoms with Gasteiger partial charge in [0.05, 0.1) is 11.6 Å². The van der Waals surface area contributed by atoms with Gasteiger partial charge >= 0.3 is 0 Å². The van der Waals surface area contributed by atoms with Gasteiger partial charge < -0.3 is 21.4 Å². The lowest BCUT2D eigenvalue weighted by Crippen LogP contribution is -2.49. The number of hydrogen-bond donors (Lipinski definition) is 2. The van der Waals surface area contributed by atoms with Crippen molar-refractivity contribution >= 4 is 63.5 Å². The van der Waals surface area contributed by atoms with Gasteiger partial charge in [0, 0.05) is 35.3 Å². The van der Waals surface area contributed by atoms with Crippen LogP contribution in [0.2, 0.25) is 10.0 Å². The number of anilines is 1. The highest BCUT2D eigenvalue weighted by molar-refractivity contribution is 8.93. The number of benzene rings is 3. The maximum Gasteiger partial charge on any atom is 0.243 e. The van der Waals surface area contributed by atoms with Crippen LogP contribution in [0.1, 0.15) is 21.5 Å². The molecule has 0 bridgehead atoms. The molecule has 0 aromatic heterocycles. The highest BCUT2D eigenvalue weighted by atomic mass is 79.9. The number of nitrogens with one attached hydrogen (secondary N) is 1. The Morgan fingerprint density at radius 1 is 0.943 bits per heavy atom. The van der Waals surface area contributed by atoms with Gasteiger partial charge in [0.1, 0.15) is 6.04 Å². The molecule has 3 aromatic rings. The molecule has 0 saturated carbocycles. The largest absolute Gasteiger partial charge is 0.412 e. The lowest BCUT2D eigenvalue weighted by molar-refractivity contribution is -0.125. The van der Waals surface area contributed by atoms with Crippen LogP contribution in [0.3, 0.4) is 0 Å². The number of ketones is 1. The number of hydrogen-bond acceptors (Lipinski definition) is 4. The highest BCUT2D eigenvalue weighted by Gasteiger charge is 2.28. The third kappa shape index (κ3) is 7.80. The van der Waals surface area contributed by atoms with Gasteiger partial charge in [0.2, 0.25) is 11.8 Å². The summed E-state index contributed by atoms with van der Waals surface area (Å²) in [5, 5.41) is 3.26. The number of likely N-dealkylation sites (N-methyl/N-ethyl adjacent to an activating group) is 1. The van der Waals surface area contributed by atoms with E-state index < -0.39 is 17.9 Å². The Bertz CT molecular complexity index is 1180. The van der Waals surface area contributed by atoms with E-state index in [0.29, 0.717) is 33.3 Å². The molecular formula is C25H26BrCl2N3O4. The van der Waals surface area contributed by atoms with E-state index >= 15 is 0 Å². The molecule has 0 fully saturated rings. The van der Waals surface area contributed by atoms with E-state index in [2.05, 4.69) is 5.32 Å². The van der Waals surface area contributed by atoms with Crippen LogP contribution in [0.25, 0.3) is 0 Å². The summed E-state index contributed by atoms with van der Waals surface area (Å²) in [7, 11) is 1.71. The van der Waals surface area contributed by atoms with Crippen molar-refractivity contribution < 1.29 is 19.9 Å². The van der Waals surface area contributed by atoms with Gasteiger partial charge in [-0.05, 0) is 35.9 Å². The number of primary amides is 1. The van der Waals surface area contributed by atoms with Crippen molar-refractivity contribution in [2.45, 2.75) is 12.5 Å². The second kappa shape index (κ2) is 13.8. The summed E-state index contributed by atoms with van der Waals surface area (Å²) in [6, 6.07) is 20.3. The monoisotopic (exact) mass is 581 g/mol. The molecule has 2 amide bonds. The number of amides is 2. The molecule has 1 atom stereocenters. The Balaban J connectivity index is 0.00000306. The zero-order chi connectivity index (χ0) is 24.0. The average molecular weight is 583 g/mol. The molecule has 1 unspecified atom stereocenters. The number of rotatable bonds is 9. The Morgan fingerprint density at radius 3 is 2.20 bits per heavy atom. The molecule has 5 N–H and O–H groups in total. The topological polar surface area (TPSA) is 124 Å². The molecule has 3 rings (SSSR count). The van der Waals surface area contributed by atoms with Gasteiger partial charge in [-0.2, -0.15) is 0 Å². The maximum atomic E-state index is 13.4. The fourth-order valence-electron chi connectivity index (χ4n) is 3.49. The zero-order valence-corrected chi connectivity index (χ0v) is 22.1. The molecule has 0 radical (unpaired) electrons. The molecule has 0 aliphatic carbocycles. The van der Waals surface area contributed by atoms with E-state index in [4.69, 9.17) is 28.9 Å². The lowest BCUT2D eigenvalue weighted by atomic mass is 9.98. The van der Waals surface area contributed by atoms with Gasteiger partial charge in [-0.25, -0.2) is 0 Å². The van der Waals surface area contributed by atoms with Crippen LogP contribution in [-0.2, 0) is 16.0 Å². The summed E-state index contributed by atoms with van der Waals surface area (Å²) in [4.78, 5) is 39.3. The first-order chi connectivity index (χ1) is 15.8. The summed E-state index contributed by atoms with van der Waals surface area (Å²) in [6.45, 7) is -0.288. The van der Waals surface area contributed by atoms with Crippen molar-refractivity contribution in [2.24, 2.45) is 5.73 Å². The molecule has 0 spiro atoms. The molecular weight excluding hydrogens is 557 g/mol. The van der Waals surface area contributed by atoms with Crippen molar-refractivity contribution in [3.8, 4) is 0 Å². The minimum Gasteiger partial charge on any atom is -0.412 e. The molecule has 35 heavy (non-hydrogen) atoms. The number of nitrogens with zero attached hydrogens (tertiary/aromatic N) is 1. The summed E-state index contributed by atoms with van der Waals surface area (Å²) in [6.07, 6.45) is 0.338. The Morgan fingerprint density at radius 2 is 1.57 bits per heavy atom. The van der Waals surface area contributed by atoms with Crippen LogP contribution in [-0.4, -0.2) is 42.7 Å². The molecule has 0 saturated heterocycles. The average Bonchev–Trinajstić information content (AvgIpc) is 2.81. The molecule has 0 heterocycles.